The predicted octanol–water partition coefficient (Wildman–Crippen LogP) is 2.34. The average Bonchev–Trinajstić information content (AvgIpc) is 2.79. The van der Waals surface area contributed by atoms with Gasteiger partial charge < -0.3 is 4.74 Å². The molecule has 0 amide bonds. The zero-order valence-electron chi connectivity index (χ0n) is 16.4. The third-order valence-electron chi connectivity index (χ3n) is 4.89. The largest absolute Gasteiger partial charge is 0.465 e. The van der Waals surface area contributed by atoms with E-state index in [2.05, 4.69) is 9.97 Å². The van der Waals surface area contributed by atoms with Gasteiger partial charge in [0.05, 0.1) is 35.5 Å². The number of hydrogen-bond donors (Lipinski definition) is 0. The van der Waals surface area contributed by atoms with Crippen molar-refractivity contribution in [2.24, 2.45) is 0 Å². The first kappa shape index (κ1) is 19.3. The van der Waals surface area contributed by atoms with E-state index in [1.54, 1.807) is 67.7 Å². The first-order valence-corrected chi connectivity index (χ1v) is 9.25. The highest BCUT2D eigenvalue weighted by Gasteiger charge is 2.21. The molecule has 150 valence electrons. The molecule has 1 atom stereocenters. The minimum Gasteiger partial charge on any atom is -0.465 e. The number of pyridine rings is 2. The second-order valence-electron chi connectivity index (χ2n) is 6.64. The second kappa shape index (κ2) is 7.75. The highest BCUT2D eigenvalue weighted by Crippen LogP contribution is 2.16. The smallest absolute Gasteiger partial charge is 0.337 e. The van der Waals surface area contributed by atoms with Gasteiger partial charge in [-0.15, -0.1) is 0 Å². The van der Waals surface area contributed by atoms with Crippen LogP contribution in [0.2, 0.25) is 0 Å². The van der Waals surface area contributed by atoms with Gasteiger partial charge in [-0.3, -0.25) is 14.3 Å². The molecule has 1 aromatic carbocycles. The highest BCUT2D eigenvalue weighted by atomic mass is 16.5. The van der Waals surface area contributed by atoms with Crippen molar-refractivity contribution in [1.29, 1.82) is 0 Å². The molecule has 0 spiro atoms. The van der Waals surface area contributed by atoms with Gasteiger partial charge in [-0.2, -0.15) is 0 Å². The quantitative estimate of drug-likeness (QED) is 0.486. The third kappa shape index (κ3) is 3.18. The van der Waals surface area contributed by atoms with Gasteiger partial charge in [0, 0.05) is 12.4 Å². The van der Waals surface area contributed by atoms with Crippen molar-refractivity contribution in [3.05, 3.63) is 99.1 Å². The van der Waals surface area contributed by atoms with Crippen molar-refractivity contribution >= 4 is 17.0 Å². The number of nitrogens with zero attached hydrogens (tertiary/aromatic N) is 4. The normalized spacial score (nSPS) is 11.9. The van der Waals surface area contributed by atoms with Gasteiger partial charge in [-0.25, -0.2) is 19.1 Å². The fraction of sp³-hybridized carbons (Fsp3) is 0.136. The number of rotatable bonds is 4. The molecular formula is C22H18N4O4. The molecule has 0 N–H and O–H groups in total. The minimum atomic E-state index is -0.587. The lowest BCUT2D eigenvalue weighted by molar-refractivity contribution is 0.0600. The van der Waals surface area contributed by atoms with Gasteiger partial charge in [0.25, 0.3) is 5.56 Å². The number of carbonyl (C=O) groups excluding carboxylic acids is 1. The molecule has 3 heterocycles. The Morgan fingerprint density at radius 1 is 0.967 bits per heavy atom. The van der Waals surface area contributed by atoms with Gasteiger partial charge in [-0.1, -0.05) is 6.07 Å². The third-order valence-corrected chi connectivity index (χ3v) is 4.89. The fourth-order valence-electron chi connectivity index (χ4n) is 3.35. The Bertz CT molecular complexity index is 1340. The Hall–Kier alpha value is -4.07. The Balaban J connectivity index is 1.99. The maximum Gasteiger partial charge on any atom is 0.337 e. The van der Waals surface area contributed by atoms with Gasteiger partial charge in [0.2, 0.25) is 0 Å². The van der Waals surface area contributed by atoms with Crippen LogP contribution in [0.1, 0.15) is 29.0 Å². The molecule has 0 saturated heterocycles. The van der Waals surface area contributed by atoms with E-state index in [-0.39, 0.29) is 5.65 Å². The van der Waals surface area contributed by atoms with Crippen LogP contribution in [0.15, 0.2) is 76.6 Å². The van der Waals surface area contributed by atoms with E-state index < -0.39 is 23.3 Å². The number of benzene rings is 1. The van der Waals surface area contributed by atoms with Crippen LogP contribution in [0.25, 0.3) is 16.7 Å². The number of aromatic nitrogens is 4. The molecule has 3 aromatic heterocycles. The highest BCUT2D eigenvalue weighted by molar-refractivity contribution is 5.89. The monoisotopic (exact) mass is 402 g/mol. The molecule has 1 unspecified atom stereocenters. The summed E-state index contributed by atoms with van der Waals surface area (Å²) in [6.45, 7) is 1.75. The van der Waals surface area contributed by atoms with E-state index in [1.807, 2.05) is 0 Å². The average molecular weight is 402 g/mol. The van der Waals surface area contributed by atoms with Gasteiger partial charge in [0.1, 0.15) is 0 Å². The molecule has 4 aromatic rings. The summed E-state index contributed by atoms with van der Waals surface area (Å²) in [6.07, 6.45) is 3.14. The second-order valence-corrected chi connectivity index (χ2v) is 6.64. The van der Waals surface area contributed by atoms with Crippen molar-refractivity contribution in [2.45, 2.75) is 13.0 Å². The number of carbonyl (C=O) groups is 1. The first-order valence-electron chi connectivity index (χ1n) is 9.25. The zero-order chi connectivity index (χ0) is 21.3. The molecule has 0 aliphatic rings. The Labute approximate surface area is 171 Å². The van der Waals surface area contributed by atoms with Crippen molar-refractivity contribution in [2.75, 3.05) is 7.11 Å². The molecule has 30 heavy (non-hydrogen) atoms. The molecule has 0 saturated carbocycles. The molecule has 0 fully saturated rings. The topological polar surface area (TPSA) is 96.1 Å². The number of ether oxygens (including phenoxy) is 1. The summed E-state index contributed by atoms with van der Waals surface area (Å²) in [6, 6.07) is 14.4. The minimum absolute atomic E-state index is 0.239. The van der Waals surface area contributed by atoms with Crippen LogP contribution >= 0.6 is 0 Å². The summed E-state index contributed by atoms with van der Waals surface area (Å²) in [7, 11) is 1.30. The summed E-state index contributed by atoms with van der Waals surface area (Å²) in [5.41, 5.74) is 0.661. The molecule has 0 bridgehead atoms. The maximum absolute atomic E-state index is 13.5. The van der Waals surface area contributed by atoms with Crippen molar-refractivity contribution < 1.29 is 9.53 Å². The summed E-state index contributed by atoms with van der Waals surface area (Å²) >= 11 is 0. The standard InChI is InChI=1S/C22H18N4O4/c1-14(18-7-3-4-12-23-18)25-20(27)17-6-5-13-24-19(17)26(22(25)29)16-10-8-15(9-11-16)21(28)30-2/h3-14H,1-2H3. The molecule has 8 nitrogen and oxygen atoms in total. The van der Waals surface area contributed by atoms with Crippen LogP contribution in [-0.4, -0.2) is 32.2 Å². The molecule has 0 radical (unpaired) electrons. The van der Waals surface area contributed by atoms with E-state index in [4.69, 9.17) is 4.74 Å². The van der Waals surface area contributed by atoms with E-state index in [9.17, 15) is 14.4 Å². The van der Waals surface area contributed by atoms with E-state index >= 15 is 0 Å². The van der Waals surface area contributed by atoms with Crippen molar-refractivity contribution in [1.82, 2.24) is 19.1 Å². The van der Waals surface area contributed by atoms with Gasteiger partial charge in [-0.05, 0) is 55.5 Å². The first-order chi connectivity index (χ1) is 14.5. The van der Waals surface area contributed by atoms with E-state index in [0.29, 0.717) is 22.3 Å². The summed E-state index contributed by atoms with van der Waals surface area (Å²) < 4.78 is 7.24. The van der Waals surface area contributed by atoms with Gasteiger partial charge >= 0.3 is 11.7 Å². The number of fused-ring (bicyclic) bond motifs is 1. The summed E-state index contributed by atoms with van der Waals surface area (Å²) in [4.78, 5) is 46.9. The molecule has 8 heteroatoms. The van der Waals surface area contributed by atoms with Crippen LogP contribution in [0.3, 0.4) is 0 Å². The fourth-order valence-corrected chi connectivity index (χ4v) is 3.35. The molecular weight excluding hydrogens is 384 g/mol. The lowest BCUT2D eigenvalue weighted by atomic mass is 10.2. The van der Waals surface area contributed by atoms with E-state index in [1.165, 1.54) is 22.4 Å². The van der Waals surface area contributed by atoms with Crippen LogP contribution < -0.4 is 11.2 Å². The lowest BCUT2D eigenvalue weighted by Gasteiger charge is -2.18. The number of esters is 1. The Morgan fingerprint density at radius 2 is 1.70 bits per heavy atom. The Kier molecular flexibility index (Phi) is 4.97. The Morgan fingerprint density at radius 3 is 2.37 bits per heavy atom. The SMILES string of the molecule is COC(=O)c1ccc(-n2c(=O)n(C(C)c3ccccn3)c(=O)c3cccnc32)cc1. The molecule has 4 rings (SSSR count). The number of hydrogen-bond acceptors (Lipinski definition) is 6. The zero-order valence-corrected chi connectivity index (χ0v) is 16.4. The predicted molar refractivity (Wildman–Crippen MR) is 111 cm³/mol. The van der Waals surface area contributed by atoms with E-state index in [0.717, 1.165) is 0 Å². The summed E-state index contributed by atoms with van der Waals surface area (Å²) in [5, 5.41) is 0.303. The molecule has 0 aliphatic carbocycles. The van der Waals surface area contributed by atoms with Crippen LogP contribution in [-0.2, 0) is 4.74 Å². The van der Waals surface area contributed by atoms with Crippen LogP contribution in [0, 0.1) is 0 Å². The lowest BCUT2D eigenvalue weighted by Crippen LogP contribution is -2.42. The van der Waals surface area contributed by atoms with Crippen LogP contribution in [0.4, 0.5) is 0 Å². The van der Waals surface area contributed by atoms with Gasteiger partial charge in [0.15, 0.2) is 5.65 Å². The maximum atomic E-state index is 13.5. The molecule has 0 aliphatic heterocycles. The van der Waals surface area contributed by atoms with Crippen molar-refractivity contribution in [3.8, 4) is 5.69 Å². The van der Waals surface area contributed by atoms with Crippen molar-refractivity contribution in [3.63, 3.8) is 0 Å². The number of methoxy groups -OCH3 is 1. The van der Waals surface area contributed by atoms with Crippen LogP contribution in [0.5, 0.6) is 0 Å². The summed E-state index contributed by atoms with van der Waals surface area (Å²) in [5.74, 6) is -0.481.